The highest BCUT2D eigenvalue weighted by molar-refractivity contribution is 5.83. The number of hydrogen-bond acceptors (Lipinski definition) is 6. The monoisotopic (exact) mass is 443 g/mol. The van der Waals surface area contributed by atoms with Crippen molar-refractivity contribution < 1.29 is 9.90 Å². The van der Waals surface area contributed by atoms with E-state index in [9.17, 15) is 4.79 Å². The van der Waals surface area contributed by atoms with Crippen LogP contribution in [0, 0.1) is 0 Å². The summed E-state index contributed by atoms with van der Waals surface area (Å²) in [5, 5.41) is 14.4. The SMILES string of the molecule is CCc1ccc2ccccc2c1.CNc1cc(-c2ccc(CC(N)C(=O)O)cc2)nc(N)n1. The number of carboxylic acid groups (broad SMARTS) is 1. The zero-order chi connectivity index (χ0) is 23.8. The Morgan fingerprint density at radius 1 is 0.970 bits per heavy atom. The molecule has 7 heteroatoms. The van der Waals surface area contributed by atoms with E-state index in [4.69, 9.17) is 16.6 Å². The minimum atomic E-state index is -1.01. The molecule has 6 N–H and O–H groups in total. The molecule has 4 aromatic rings. The van der Waals surface area contributed by atoms with Gasteiger partial charge in [0.15, 0.2) is 0 Å². The molecule has 0 fully saturated rings. The van der Waals surface area contributed by atoms with Gasteiger partial charge in [-0.2, -0.15) is 4.98 Å². The van der Waals surface area contributed by atoms with Crippen molar-refractivity contribution in [2.24, 2.45) is 5.73 Å². The lowest BCUT2D eigenvalue weighted by atomic mass is 10.0. The second-order valence-corrected chi connectivity index (χ2v) is 7.63. The number of nitrogen functional groups attached to an aromatic ring is 1. The molecule has 0 aliphatic heterocycles. The molecule has 3 aromatic carbocycles. The zero-order valence-electron chi connectivity index (χ0n) is 18.8. The maximum absolute atomic E-state index is 10.7. The first kappa shape index (κ1) is 23.7. The number of hydrogen-bond donors (Lipinski definition) is 4. The van der Waals surface area contributed by atoms with Crippen molar-refractivity contribution in [2.75, 3.05) is 18.1 Å². The number of benzene rings is 3. The molecular weight excluding hydrogens is 414 g/mol. The predicted molar refractivity (Wildman–Crippen MR) is 134 cm³/mol. The van der Waals surface area contributed by atoms with Crippen LogP contribution < -0.4 is 16.8 Å². The van der Waals surface area contributed by atoms with Gasteiger partial charge in [-0.3, -0.25) is 4.79 Å². The van der Waals surface area contributed by atoms with Crippen LogP contribution in [-0.2, 0) is 17.6 Å². The smallest absolute Gasteiger partial charge is 0.320 e. The molecule has 1 unspecified atom stereocenters. The van der Waals surface area contributed by atoms with Crippen LogP contribution in [0.2, 0.25) is 0 Å². The summed E-state index contributed by atoms with van der Waals surface area (Å²) in [7, 11) is 1.75. The van der Waals surface area contributed by atoms with Gasteiger partial charge in [0, 0.05) is 18.7 Å². The van der Waals surface area contributed by atoms with E-state index >= 15 is 0 Å². The molecule has 7 nitrogen and oxygen atoms in total. The Hall–Kier alpha value is -3.97. The summed E-state index contributed by atoms with van der Waals surface area (Å²) >= 11 is 0. The van der Waals surface area contributed by atoms with Gasteiger partial charge in [-0.15, -0.1) is 0 Å². The molecule has 1 heterocycles. The first-order valence-electron chi connectivity index (χ1n) is 10.8. The van der Waals surface area contributed by atoms with E-state index in [2.05, 4.69) is 64.7 Å². The molecule has 0 spiro atoms. The lowest BCUT2D eigenvalue weighted by Crippen LogP contribution is -2.32. The van der Waals surface area contributed by atoms with Crippen LogP contribution in [-0.4, -0.2) is 34.1 Å². The number of rotatable bonds is 6. The summed E-state index contributed by atoms with van der Waals surface area (Å²) in [6.45, 7) is 2.18. The molecule has 0 saturated carbocycles. The van der Waals surface area contributed by atoms with Gasteiger partial charge < -0.3 is 21.9 Å². The summed E-state index contributed by atoms with van der Waals surface area (Å²) in [6.07, 6.45) is 1.40. The summed E-state index contributed by atoms with van der Waals surface area (Å²) in [4.78, 5) is 18.9. The van der Waals surface area contributed by atoms with E-state index in [0.717, 1.165) is 17.5 Å². The van der Waals surface area contributed by atoms with Crippen molar-refractivity contribution in [3.63, 3.8) is 0 Å². The van der Waals surface area contributed by atoms with Crippen molar-refractivity contribution >= 4 is 28.5 Å². The average molecular weight is 444 g/mol. The molecular formula is C26H29N5O2. The lowest BCUT2D eigenvalue weighted by molar-refractivity contribution is -0.138. The van der Waals surface area contributed by atoms with Crippen molar-refractivity contribution in [1.82, 2.24) is 9.97 Å². The van der Waals surface area contributed by atoms with E-state index in [1.54, 1.807) is 13.1 Å². The number of nitrogens with one attached hydrogen (secondary N) is 1. The van der Waals surface area contributed by atoms with Gasteiger partial charge in [0.2, 0.25) is 5.95 Å². The first-order chi connectivity index (χ1) is 15.9. The van der Waals surface area contributed by atoms with Crippen LogP contribution in [0.5, 0.6) is 0 Å². The van der Waals surface area contributed by atoms with Crippen LogP contribution >= 0.6 is 0 Å². The topological polar surface area (TPSA) is 127 Å². The molecule has 0 radical (unpaired) electrons. The molecule has 4 rings (SSSR count). The number of fused-ring (bicyclic) bond motifs is 1. The second kappa shape index (κ2) is 11.1. The zero-order valence-corrected chi connectivity index (χ0v) is 18.8. The van der Waals surface area contributed by atoms with E-state index in [1.807, 2.05) is 24.3 Å². The van der Waals surface area contributed by atoms with Gasteiger partial charge in [-0.1, -0.05) is 73.7 Å². The number of nitrogens with two attached hydrogens (primary N) is 2. The van der Waals surface area contributed by atoms with Gasteiger partial charge in [0.1, 0.15) is 11.9 Å². The molecule has 1 atom stereocenters. The number of nitrogens with zero attached hydrogens (tertiary/aromatic N) is 2. The van der Waals surface area contributed by atoms with Crippen molar-refractivity contribution in [3.8, 4) is 11.3 Å². The maximum Gasteiger partial charge on any atom is 0.320 e. The highest BCUT2D eigenvalue weighted by atomic mass is 16.4. The summed E-state index contributed by atoms with van der Waals surface area (Å²) in [5.74, 6) is -0.190. The number of aliphatic carboxylic acids is 1. The Bertz CT molecular complexity index is 1230. The fourth-order valence-electron chi connectivity index (χ4n) is 3.35. The van der Waals surface area contributed by atoms with E-state index in [-0.39, 0.29) is 12.4 Å². The summed E-state index contributed by atoms with van der Waals surface area (Å²) in [6, 6.07) is 23.4. The normalized spacial score (nSPS) is 11.4. The Morgan fingerprint density at radius 3 is 2.27 bits per heavy atom. The van der Waals surface area contributed by atoms with Gasteiger partial charge >= 0.3 is 5.97 Å². The van der Waals surface area contributed by atoms with Crippen molar-refractivity contribution in [2.45, 2.75) is 25.8 Å². The number of aromatic nitrogens is 2. The lowest BCUT2D eigenvalue weighted by Gasteiger charge is -2.08. The van der Waals surface area contributed by atoms with Crippen LogP contribution in [0.15, 0.2) is 72.8 Å². The van der Waals surface area contributed by atoms with Gasteiger partial charge in [0.05, 0.1) is 5.69 Å². The van der Waals surface area contributed by atoms with Gasteiger partial charge in [-0.25, -0.2) is 4.98 Å². The fraction of sp³-hybridized carbons (Fsp3) is 0.192. The van der Waals surface area contributed by atoms with E-state index in [1.165, 1.54) is 16.3 Å². The molecule has 0 amide bonds. The largest absolute Gasteiger partial charge is 0.480 e. The number of anilines is 2. The quantitative estimate of drug-likeness (QED) is 0.353. The van der Waals surface area contributed by atoms with E-state index in [0.29, 0.717) is 11.5 Å². The second-order valence-electron chi connectivity index (χ2n) is 7.63. The molecule has 0 saturated heterocycles. The predicted octanol–water partition coefficient (Wildman–Crippen LogP) is 4.12. The molecule has 0 aliphatic rings. The molecule has 0 bridgehead atoms. The third-order valence-electron chi connectivity index (χ3n) is 5.24. The van der Waals surface area contributed by atoms with Crippen molar-refractivity contribution in [1.29, 1.82) is 0 Å². The summed E-state index contributed by atoms with van der Waals surface area (Å²) in [5.41, 5.74) is 15.0. The van der Waals surface area contributed by atoms with Crippen LogP contribution in [0.4, 0.5) is 11.8 Å². The molecule has 0 aliphatic carbocycles. The van der Waals surface area contributed by atoms with Crippen LogP contribution in [0.3, 0.4) is 0 Å². The van der Waals surface area contributed by atoms with Gasteiger partial charge in [0.25, 0.3) is 0 Å². The molecule has 33 heavy (non-hydrogen) atoms. The minimum Gasteiger partial charge on any atom is -0.480 e. The number of carboxylic acids is 1. The van der Waals surface area contributed by atoms with Crippen molar-refractivity contribution in [3.05, 3.63) is 83.9 Å². The van der Waals surface area contributed by atoms with Gasteiger partial charge in [-0.05, 0) is 34.7 Å². The minimum absolute atomic E-state index is 0.189. The third-order valence-corrected chi connectivity index (χ3v) is 5.24. The Balaban J connectivity index is 0.000000215. The molecule has 1 aromatic heterocycles. The highest BCUT2D eigenvalue weighted by Crippen LogP contribution is 2.21. The summed E-state index contributed by atoms with van der Waals surface area (Å²) < 4.78 is 0. The Kier molecular flexibility index (Phi) is 7.94. The maximum atomic E-state index is 10.7. The van der Waals surface area contributed by atoms with E-state index < -0.39 is 12.0 Å². The Morgan fingerprint density at radius 2 is 1.64 bits per heavy atom. The average Bonchev–Trinajstić information content (AvgIpc) is 2.84. The third kappa shape index (κ3) is 6.51. The standard InChI is InChI=1S/C14H17N5O2.C12H12/c1-17-12-7-11(18-14(16)19-12)9-4-2-8(3-5-9)6-10(15)13(20)21;1-2-10-7-8-11-5-3-4-6-12(11)9-10/h2-5,7,10H,6,15H2,1H3,(H,20,21)(H3,16,17,18,19);3-9H,2H2,1H3. The number of aryl methyl sites for hydroxylation is 1. The highest BCUT2D eigenvalue weighted by Gasteiger charge is 2.12. The van der Waals surface area contributed by atoms with Crippen LogP contribution in [0.25, 0.3) is 22.0 Å². The first-order valence-corrected chi connectivity index (χ1v) is 10.8. The number of carbonyl (C=O) groups is 1. The van der Waals surface area contributed by atoms with Crippen LogP contribution in [0.1, 0.15) is 18.1 Å². The fourth-order valence-corrected chi connectivity index (χ4v) is 3.35. The Labute approximate surface area is 193 Å². The molecule has 170 valence electrons.